The first-order valence-corrected chi connectivity index (χ1v) is 10.1. The fraction of sp³-hybridized carbons (Fsp3) is 0.143. The molecule has 0 saturated carbocycles. The number of aromatic nitrogens is 2. The Morgan fingerprint density at radius 1 is 0.806 bits per heavy atom. The lowest BCUT2D eigenvalue weighted by molar-refractivity contribution is -0.660. The van der Waals surface area contributed by atoms with Crippen LogP contribution in [0, 0.1) is 20.6 Å². The van der Waals surface area contributed by atoms with Crippen LogP contribution in [0.15, 0.2) is 71.3 Å². The minimum Gasteiger partial charge on any atom is -0.454 e. The van der Waals surface area contributed by atoms with E-state index in [2.05, 4.69) is 6.07 Å². The summed E-state index contributed by atoms with van der Waals surface area (Å²) in [5.41, 5.74) is 4.84. The summed E-state index contributed by atoms with van der Waals surface area (Å²) in [6.07, 6.45) is 1.40. The minimum absolute atomic E-state index is 0.183. The standard InChI is InChI=1S/C28H23N2O/c1-16-9-10-21-20-11-12-24-22(14-19-7-5-6-8-23(19)29-24)27(20)31-28(21)26(16)25-13-17(2)18(3)15-30(25)4/h5-15H,1-4H3/q+1/i2D3,3D3. The van der Waals surface area contributed by atoms with Crippen molar-refractivity contribution in [3.05, 3.63) is 83.6 Å². The lowest BCUT2D eigenvalue weighted by atomic mass is 9.98. The summed E-state index contributed by atoms with van der Waals surface area (Å²) in [7, 11) is 1.72. The molecule has 0 amide bonds. The number of furan rings is 1. The quantitative estimate of drug-likeness (QED) is 0.223. The maximum Gasteiger partial charge on any atom is 0.216 e. The van der Waals surface area contributed by atoms with Crippen LogP contribution in [-0.4, -0.2) is 4.98 Å². The Balaban J connectivity index is 1.70. The fourth-order valence-electron chi connectivity index (χ4n) is 4.46. The number of benzene rings is 3. The summed E-state index contributed by atoms with van der Waals surface area (Å²) in [6, 6.07) is 19.4. The van der Waals surface area contributed by atoms with Gasteiger partial charge in [-0.25, -0.2) is 9.55 Å². The van der Waals surface area contributed by atoms with Crippen molar-refractivity contribution in [2.45, 2.75) is 20.6 Å². The van der Waals surface area contributed by atoms with E-state index in [9.17, 15) is 0 Å². The second kappa shape index (κ2) is 6.39. The number of hydrogen-bond donors (Lipinski definition) is 0. The number of pyridine rings is 2. The minimum atomic E-state index is -2.59. The molecule has 6 aromatic rings. The zero-order chi connectivity index (χ0) is 26.3. The topological polar surface area (TPSA) is 29.9 Å². The molecule has 3 aromatic carbocycles. The van der Waals surface area contributed by atoms with Crippen molar-refractivity contribution in [2.75, 3.05) is 0 Å². The van der Waals surface area contributed by atoms with Gasteiger partial charge in [0.1, 0.15) is 18.2 Å². The predicted molar refractivity (Wildman–Crippen MR) is 127 cm³/mol. The van der Waals surface area contributed by atoms with Crippen molar-refractivity contribution in [3.63, 3.8) is 0 Å². The fourth-order valence-corrected chi connectivity index (χ4v) is 4.46. The van der Waals surface area contributed by atoms with E-state index in [4.69, 9.17) is 17.6 Å². The Morgan fingerprint density at radius 3 is 2.48 bits per heavy atom. The van der Waals surface area contributed by atoms with Crippen molar-refractivity contribution in [1.29, 1.82) is 0 Å². The third-order valence-electron chi connectivity index (χ3n) is 6.04. The lowest BCUT2D eigenvalue weighted by Crippen LogP contribution is -2.31. The molecular weight excluding hydrogens is 380 g/mol. The molecule has 3 aromatic heterocycles. The molecule has 0 spiro atoms. The third kappa shape index (κ3) is 2.59. The highest BCUT2D eigenvalue weighted by Gasteiger charge is 2.22. The maximum absolute atomic E-state index is 8.03. The van der Waals surface area contributed by atoms with Gasteiger partial charge in [-0.1, -0.05) is 30.3 Å². The van der Waals surface area contributed by atoms with Crippen molar-refractivity contribution >= 4 is 43.7 Å². The molecule has 3 nitrogen and oxygen atoms in total. The van der Waals surface area contributed by atoms with Crippen LogP contribution in [0.1, 0.15) is 24.9 Å². The largest absolute Gasteiger partial charge is 0.454 e. The van der Waals surface area contributed by atoms with Gasteiger partial charge in [0.15, 0.2) is 6.20 Å². The first kappa shape index (κ1) is 12.9. The Labute approximate surface area is 189 Å². The molecule has 6 rings (SSSR count). The normalized spacial score (nSPS) is 15.5. The average molecular weight is 410 g/mol. The molecule has 0 unspecified atom stereocenters. The van der Waals surface area contributed by atoms with Gasteiger partial charge in [0, 0.05) is 41.4 Å². The molecule has 3 heteroatoms. The Bertz CT molecular complexity index is 1880. The molecule has 0 aliphatic carbocycles. The molecule has 0 aliphatic heterocycles. The van der Waals surface area contributed by atoms with Crippen LogP contribution in [0.2, 0.25) is 0 Å². The third-order valence-corrected chi connectivity index (χ3v) is 6.04. The molecular formula is C28H23N2O+. The van der Waals surface area contributed by atoms with Crippen LogP contribution in [0.4, 0.5) is 0 Å². The van der Waals surface area contributed by atoms with Gasteiger partial charge in [0.2, 0.25) is 5.69 Å². The zero-order valence-corrected chi connectivity index (χ0v) is 17.2. The van der Waals surface area contributed by atoms with Gasteiger partial charge in [-0.05, 0) is 56.0 Å². The van der Waals surface area contributed by atoms with Crippen LogP contribution in [0.5, 0.6) is 0 Å². The van der Waals surface area contributed by atoms with Crippen LogP contribution in [0.3, 0.4) is 0 Å². The van der Waals surface area contributed by atoms with Crippen LogP contribution in [0.25, 0.3) is 55.0 Å². The molecule has 0 atom stereocenters. The zero-order valence-electron chi connectivity index (χ0n) is 23.2. The van der Waals surface area contributed by atoms with Crippen molar-refractivity contribution in [2.24, 2.45) is 7.05 Å². The van der Waals surface area contributed by atoms with Gasteiger partial charge in [-0.2, -0.15) is 0 Å². The van der Waals surface area contributed by atoms with E-state index >= 15 is 0 Å². The number of para-hydroxylation sites is 1. The molecule has 3 heterocycles. The van der Waals surface area contributed by atoms with Gasteiger partial charge < -0.3 is 4.42 Å². The van der Waals surface area contributed by atoms with Gasteiger partial charge in [0.25, 0.3) is 0 Å². The van der Waals surface area contributed by atoms with E-state index in [1.807, 2.05) is 55.5 Å². The number of hydrogen-bond acceptors (Lipinski definition) is 2. The number of nitrogens with zero attached hydrogens (tertiary/aromatic N) is 2. The summed E-state index contributed by atoms with van der Waals surface area (Å²) < 4.78 is 56.0. The highest BCUT2D eigenvalue weighted by Crippen LogP contribution is 2.40. The Morgan fingerprint density at radius 2 is 1.61 bits per heavy atom. The highest BCUT2D eigenvalue weighted by molar-refractivity contribution is 6.17. The first-order chi connectivity index (χ1) is 17.4. The van der Waals surface area contributed by atoms with E-state index in [1.54, 1.807) is 11.6 Å². The number of aryl methyl sites for hydroxylation is 4. The molecule has 0 N–H and O–H groups in total. The van der Waals surface area contributed by atoms with E-state index < -0.39 is 13.7 Å². The molecule has 0 aliphatic rings. The molecule has 0 bridgehead atoms. The summed E-state index contributed by atoms with van der Waals surface area (Å²) in [5, 5.41) is 3.72. The lowest BCUT2D eigenvalue weighted by Gasteiger charge is -2.07. The monoisotopic (exact) mass is 409 g/mol. The van der Waals surface area contributed by atoms with Gasteiger partial charge >= 0.3 is 0 Å². The summed E-state index contributed by atoms with van der Waals surface area (Å²) in [5.74, 6) is 0. The molecule has 150 valence electrons. The first-order valence-electron chi connectivity index (χ1n) is 13.1. The summed E-state index contributed by atoms with van der Waals surface area (Å²) >= 11 is 0. The predicted octanol–water partition coefficient (Wildman–Crippen LogP) is 6.70. The van der Waals surface area contributed by atoms with Gasteiger partial charge in [-0.3, -0.25) is 0 Å². The number of rotatable bonds is 1. The second-order valence-electron chi connectivity index (χ2n) is 8.02. The summed E-state index contributed by atoms with van der Waals surface area (Å²) in [6.45, 7) is -3.22. The van der Waals surface area contributed by atoms with Crippen LogP contribution in [-0.2, 0) is 7.05 Å². The van der Waals surface area contributed by atoms with E-state index in [1.165, 1.54) is 12.3 Å². The van der Waals surface area contributed by atoms with Gasteiger partial charge in [0.05, 0.1) is 16.6 Å². The Kier molecular flexibility index (Phi) is 2.65. The highest BCUT2D eigenvalue weighted by atomic mass is 16.3. The smallest absolute Gasteiger partial charge is 0.216 e. The van der Waals surface area contributed by atoms with Gasteiger partial charge in [-0.15, -0.1) is 0 Å². The average Bonchev–Trinajstić information content (AvgIpc) is 3.20. The Hall–Kier alpha value is -3.72. The van der Waals surface area contributed by atoms with Crippen molar-refractivity contribution in [3.8, 4) is 11.3 Å². The van der Waals surface area contributed by atoms with Crippen molar-refractivity contribution < 1.29 is 17.2 Å². The van der Waals surface area contributed by atoms with Crippen molar-refractivity contribution in [1.82, 2.24) is 4.98 Å². The number of fused-ring (bicyclic) bond motifs is 6. The van der Waals surface area contributed by atoms with E-state index in [-0.39, 0.29) is 11.1 Å². The summed E-state index contributed by atoms with van der Waals surface area (Å²) in [4.78, 5) is 4.80. The molecule has 0 radical (unpaired) electrons. The SMILES string of the molecule is [2H]C([2H])([2H])c1cc(-c2c(C)ccc3c2oc2c4cc5ccccc5nc4ccc32)[n+](C)cc1C([2H])([2H])[2H]. The van der Waals surface area contributed by atoms with Crippen LogP contribution < -0.4 is 4.57 Å². The van der Waals surface area contributed by atoms with Crippen LogP contribution >= 0.6 is 0 Å². The van der Waals surface area contributed by atoms with E-state index in [0.717, 1.165) is 43.7 Å². The maximum atomic E-state index is 8.03. The second-order valence-corrected chi connectivity index (χ2v) is 8.02. The molecule has 31 heavy (non-hydrogen) atoms. The molecule has 0 fully saturated rings. The molecule has 0 saturated heterocycles. The van der Waals surface area contributed by atoms with E-state index in [0.29, 0.717) is 16.9 Å².